The lowest BCUT2D eigenvalue weighted by atomic mass is 10.0. The number of nitrogens with zero attached hydrogens (tertiary/aromatic N) is 4. The van der Waals surface area contributed by atoms with Crippen LogP contribution in [0.25, 0.3) is 21.9 Å². The Morgan fingerprint density at radius 3 is 2.62 bits per heavy atom. The number of rotatable bonds is 6. The van der Waals surface area contributed by atoms with Crippen molar-refractivity contribution in [1.29, 1.82) is 5.26 Å². The van der Waals surface area contributed by atoms with Crippen LogP contribution in [0, 0.1) is 17.2 Å². The molecule has 0 radical (unpaired) electrons. The van der Waals surface area contributed by atoms with E-state index in [4.69, 9.17) is 15.7 Å². The first-order valence-electron chi connectivity index (χ1n) is 9.66. The van der Waals surface area contributed by atoms with Gasteiger partial charge in [0.15, 0.2) is 5.82 Å². The van der Waals surface area contributed by atoms with Crippen LogP contribution < -0.4 is 5.73 Å². The van der Waals surface area contributed by atoms with Gasteiger partial charge in [0.25, 0.3) is 0 Å². The highest BCUT2D eigenvalue weighted by Crippen LogP contribution is 2.31. The lowest BCUT2D eigenvalue weighted by molar-refractivity contribution is 0.0767. The molecule has 2 heterocycles. The maximum absolute atomic E-state index is 8.92. The van der Waals surface area contributed by atoms with E-state index < -0.39 is 0 Å². The monoisotopic (exact) mass is 385 g/mol. The zero-order valence-electron chi connectivity index (χ0n) is 16.5. The molecule has 0 amide bonds. The third-order valence-corrected chi connectivity index (χ3v) is 5.20. The topological polar surface area (TPSA) is 89.8 Å². The van der Waals surface area contributed by atoms with Gasteiger partial charge in [-0.25, -0.2) is 9.97 Å². The van der Waals surface area contributed by atoms with Crippen molar-refractivity contribution in [3.8, 4) is 6.07 Å². The zero-order chi connectivity index (χ0) is 20.4. The van der Waals surface area contributed by atoms with Crippen molar-refractivity contribution in [3.05, 3.63) is 66.0 Å². The molecule has 1 atom stereocenters. The Balaban J connectivity index is 1.63. The van der Waals surface area contributed by atoms with Gasteiger partial charge in [0.1, 0.15) is 5.52 Å². The van der Waals surface area contributed by atoms with Gasteiger partial charge in [-0.3, -0.25) is 0 Å². The second-order valence-corrected chi connectivity index (χ2v) is 7.50. The molecule has 0 fully saturated rings. The predicted molar refractivity (Wildman–Crippen MR) is 114 cm³/mol. The summed E-state index contributed by atoms with van der Waals surface area (Å²) in [7, 11) is 0. The Labute approximate surface area is 169 Å². The maximum atomic E-state index is 8.92. The number of hydrogen-bond acceptors (Lipinski definition) is 5. The molecule has 6 heteroatoms. The lowest BCUT2D eigenvalue weighted by Crippen LogP contribution is -2.20. The van der Waals surface area contributed by atoms with Gasteiger partial charge in [-0.2, -0.15) is 5.26 Å². The number of nitriles is 1. The van der Waals surface area contributed by atoms with Gasteiger partial charge in [-0.1, -0.05) is 44.2 Å². The predicted octanol–water partition coefficient (Wildman–Crippen LogP) is 4.45. The highest BCUT2D eigenvalue weighted by Gasteiger charge is 2.21. The quantitative estimate of drug-likeness (QED) is 0.529. The molecule has 0 saturated carbocycles. The lowest BCUT2D eigenvalue weighted by Gasteiger charge is -2.24. The van der Waals surface area contributed by atoms with Crippen LogP contribution in [0.15, 0.2) is 54.9 Å². The molecule has 4 rings (SSSR count). The molecular weight excluding hydrogens is 362 g/mol. The summed E-state index contributed by atoms with van der Waals surface area (Å²) in [5.41, 5.74) is 10.4. The smallest absolute Gasteiger partial charge is 0.152 e. The summed E-state index contributed by atoms with van der Waals surface area (Å²) in [4.78, 5) is 9.03. The third-order valence-electron chi connectivity index (χ3n) is 5.20. The number of fused-ring (bicyclic) bond motifs is 3. The molecule has 2 aromatic carbocycles. The van der Waals surface area contributed by atoms with Gasteiger partial charge < -0.3 is 15.0 Å². The van der Waals surface area contributed by atoms with Crippen LogP contribution in [-0.2, 0) is 11.3 Å². The van der Waals surface area contributed by atoms with Crippen LogP contribution in [0.1, 0.15) is 31.0 Å². The maximum Gasteiger partial charge on any atom is 0.152 e. The molecule has 0 aliphatic heterocycles. The van der Waals surface area contributed by atoms with Gasteiger partial charge in [0.2, 0.25) is 0 Å². The van der Waals surface area contributed by atoms with E-state index in [-0.39, 0.29) is 6.04 Å². The molecule has 0 saturated heterocycles. The fraction of sp³-hybridized carbons (Fsp3) is 0.261. The number of aromatic nitrogens is 3. The summed E-state index contributed by atoms with van der Waals surface area (Å²) in [6.45, 7) is 5.38. The van der Waals surface area contributed by atoms with Crippen LogP contribution in [0.4, 0.5) is 5.82 Å². The van der Waals surface area contributed by atoms with Gasteiger partial charge in [0.05, 0.1) is 48.2 Å². The fourth-order valence-electron chi connectivity index (χ4n) is 3.59. The van der Waals surface area contributed by atoms with Crippen molar-refractivity contribution in [2.75, 3.05) is 12.3 Å². The molecule has 0 aliphatic carbocycles. The summed E-state index contributed by atoms with van der Waals surface area (Å²) < 4.78 is 8.22. The largest absolute Gasteiger partial charge is 0.382 e. The van der Waals surface area contributed by atoms with Crippen LogP contribution in [-0.4, -0.2) is 21.1 Å². The fourth-order valence-corrected chi connectivity index (χ4v) is 3.59. The minimum Gasteiger partial charge on any atom is -0.382 e. The van der Waals surface area contributed by atoms with E-state index in [1.54, 1.807) is 0 Å². The van der Waals surface area contributed by atoms with Crippen molar-refractivity contribution >= 4 is 27.8 Å². The summed E-state index contributed by atoms with van der Waals surface area (Å²) in [6, 6.07) is 17.7. The minimum absolute atomic E-state index is 0.101. The van der Waals surface area contributed by atoms with Gasteiger partial charge in [-0.05, 0) is 29.7 Å². The Kier molecular flexibility index (Phi) is 5.15. The number of ether oxygens (including phenoxy) is 1. The van der Waals surface area contributed by atoms with Crippen molar-refractivity contribution < 1.29 is 4.74 Å². The van der Waals surface area contributed by atoms with Gasteiger partial charge in [-0.15, -0.1) is 0 Å². The number of hydrogen-bond donors (Lipinski definition) is 1. The molecule has 2 N–H and O–H groups in total. The number of pyridine rings is 1. The molecule has 146 valence electrons. The molecule has 0 spiro atoms. The Hall–Kier alpha value is -3.43. The number of imidazole rings is 1. The normalized spacial score (nSPS) is 12.5. The minimum atomic E-state index is 0.101. The number of anilines is 1. The highest BCUT2D eigenvalue weighted by molar-refractivity contribution is 6.06. The molecule has 0 bridgehead atoms. The third kappa shape index (κ3) is 3.65. The van der Waals surface area contributed by atoms with E-state index in [1.807, 2.05) is 48.8 Å². The van der Waals surface area contributed by atoms with Gasteiger partial charge in [0, 0.05) is 5.39 Å². The first-order valence-corrected chi connectivity index (χ1v) is 9.66. The number of benzene rings is 2. The molecule has 0 aliphatic rings. The summed E-state index contributed by atoms with van der Waals surface area (Å²) in [6.07, 6.45) is 1.84. The van der Waals surface area contributed by atoms with E-state index in [2.05, 4.69) is 40.5 Å². The van der Waals surface area contributed by atoms with Crippen molar-refractivity contribution in [3.63, 3.8) is 0 Å². The van der Waals surface area contributed by atoms with E-state index in [0.29, 0.717) is 30.5 Å². The standard InChI is InChI=1S/C23H23N5O/c1-15(2)20(13-29-12-17-9-7-16(11-24)8-10-17)28-14-26-21-22(28)18-5-3-4-6-19(18)27-23(21)25/h3-10,14-15,20H,12-13H2,1-2H3,(H2,25,27). The summed E-state index contributed by atoms with van der Waals surface area (Å²) in [5.74, 6) is 0.778. The molecule has 4 aromatic rings. The SMILES string of the molecule is CC(C)C(COCc1ccc(C#N)cc1)n1cnc2c(N)nc3ccccc3c21. The van der Waals surface area contributed by atoms with Crippen LogP contribution >= 0.6 is 0 Å². The first-order chi connectivity index (χ1) is 14.1. The van der Waals surface area contributed by atoms with Crippen molar-refractivity contribution in [2.24, 2.45) is 5.92 Å². The van der Waals surface area contributed by atoms with Crippen molar-refractivity contribution in [1.82, 2.24) is 14.5 Å². The number of para-hydroxylation sites is 1. The van der Waals surface area contributed by atoms with E-state index in [9.17, 15) is 0 Å². The molecule has 29 heavy (non-hydrogen) atoms. The van der Waals surface area contributed by atoms with Crippen LogP contribution in [0.2, 0.25) is 0 Å². The van der Waals surface area contributed by atoms with E-state index >= 15 is 0 Å². The summed E-state index contributed by atoms with van der Waals surface area (Å²) in [5, 5.41) is 9.96. The Morgan fingerprint density at radius 2 is 1.90 bits per heavy atom. The Morgan fingerprint density at radius 1 is 1.14 bits per heavy atom. The van der Waals surface area contributed by atoms with E-state index in [1.165, 1.54) is 0 Å². The average Bonchev–Trinajstić information content (AvgIpc) is 3.17. The van der Waals surface area contributed by atoms with Gasteiger partial charge >= 0.3 is 0 Å². The second-order valence-electron chi connectivity index (χ2n) is 7.50. The summed E-state index contributed by atoms with van der Waals surface area (Å²) >= 11 is 0. The molecular formula is C23H23N5O. The molecule has 6 nitrogen and oxygen atoms in total. The molecule has 1 unspecified atom stereocenters. The molecule has 2 aromatic heterocycles. The number of nitrogens with two attached hydrogens (primary N) is 1. The first kappa shape index (κ1) is 18.9. The van der Waals surface area contributed by atoms with E-state index in [0.717, 1.165) is 27.5 Å². The van der Waals surface area contributed by atoms with Crippen molar-refractivity contribution in [2.45, 2.75) is 26.5 Å². The second kappa shape index (κ2) is 7.90. The average molecular weight is 385 g/mol. The zero-order valence-corrected chi connectivity index (χ0v) is 16.5. The van der Waals surface area contributed by atoms with Crippen LogP contribution in [0.3, 0.4) is 0 Å². The number of nitrogen functional groups attached to an aromatic ring is 1. The Bertz CT molecular complexity index is 1190. The highest BCUT2D eigenvalue weighted by atomic mass is 16.5. The van der Waals surface area contributed by atoms with Crippen LogP contribution in [0.5, 0.6) is 0 Å².